The summed E-state index contributed by atoms with van der Waals surface area (Å²) in [6.45, 7) is 1.93. The van der Waals surface area contributed by atoms with Crippen molar-refractivity contribution in [3.63, 3.8) is 0 Å². The molecule has 94 valence electrons. The average molecular weight is 242 g/mol. The molecule has 0 aliphatic heterocycles. The number of carboxylic acids is 1. The molecule has 0 radical (unpaired) electrons. The third-order valence-electron chi connectivity index (χ3n) is 2.06. The molecule has 0 saturated carbocycles. The molecule has 8 nitrogen and oxygen atoms in total. The molecule has 0 spiro atoms. The van der Waals surface area contributed by atoms with Crippen molar-refractivity contribution in [2.75, 3.05) is 0 Å². The Kier molecular flexibility index (Phi) is 4.92. The summed E-state index contributed by atoms with van der Waals surface area (Å²) in [5, 5.41) is 17.2. The summed E-state index contributed by atoms with van der Waals surface area (Å²) in [5.41, 5.74) is 0. The Balaban J connectivity index is 2.30. The van der Waals surface area contributed by atoms with Crippen LogP contribution in [0.2, 0.25) is 0 Å². The molecule has 0 aliphatic rings. The summed E-state index contributed by atoms with van der Waals surface area (Å²) in [7, 11) is 0. The van der Waals surface area contributed by atoms with Crippen LogP contribution < -0.4 is 10.6 Å². The Bertz CT molecular complexity index is 365. The number of hydrogen-bond donors (Lipinski definition) is 3. The van der Waals surface area contributed by atoms with Crippen LogP contribution in [0.4, 0.5) is 4.79 Å². The lowest BCUT2D eigenvalue weighted by atomic mass is 10.1. The second-order valence-electron chi connectivity index (χ2n) is 3.38. The number of nitrogens with zero attached hydrogens (tertiary/aromatic N) is 2. The van der Waals surface area contributed by atoms with Crippen molar-refractivity contribution >= 4 is 12.0 Å². The third-order valence-corrected chi connectivity index (χ3v) is 2.06. The van der Waals surface area contributed by atoms with E-state index in [4.69, 9.17) is 5.11 Å². The van der Waals surface area contributed by atoms with Gasteiger partial charge in [0.2, 0.25) is 6.39 Å². The molecule has 0 fully saturated rings. The molecular weight excluding hydrogens is 228 g/mol. The van der Waals surface area contributed by atoms with Crippen LogP contribution in [0.5, 0.6) is 0 Å². The molecular formula is C9H14N4O4. The molecule has 3 N–H and O–H groups in total. The lowest BCUT2D eigenvalue weighted by Crippen LogP contribution is -2.42. The number of carbonyl (C=O) groups is 2. The number of urea groups is 1. The fourth-order valence-corrected chi connectivity index (χ4v) is 1.17. The molecule has 1 atom stereocenters. The number of nitrogens with one attached hydrogen (secondary N) is 2. The van der Waals surface area contributed by atoms with Crippen LogP contribution in [0.1, 0.15) is 25.6 Å². The molecule has 0 aliphatic carbocycles. The fourth-order valence-electron chi connectivity index (χ4n) is 1.17. The van der Waals surface area contributed by atoms with Crippen LogP contribution >= 0.6 is 0 Å². The number of rotatable bonds is 6. The minimum Gasteiger partial charge on any atom is -0.481 e. The molecule has 1 aromatic rings. The van der Waals surface area contributed by atoms with Crippen molar-refractivity contribution in [2.24, 2.45) is 0 Å². The van der Waals surface area contributed by atoms with E-state index in [0.717, 1.165) is 6.39 Å². The first kappa shape index (κ1) is 12.9. The zero-order chi connectivity index (χ0) is 12.7. The monoisotopic (exact) mass is 242 g/mol. The van der Waals surface area contributed by atoms with Crippen molar-refractivity contribution in [3.8, 4) is 0 Å². The van der Waals surface area contributed by atoms with E-state index < -0.39 is 18.0 Å². The number of aromatic nitrogens is 2. The minimum absolute atomic E-state index is 0.105. The lowest BCUT2D eigenvalue weighted by molar-refractivity contribution is -0.137. The highest BCUT2D eigenvalue weighted by Crippen LogP contribution is 1.97. The van der Waals surface area contributed by atoms with Gasteiger partial charge in [-0.1, -0.05) is 12.1 Å². The van der Waals surface area contributed by atoms with Crippen LogP contribution in [-0.2, 0) is 11.3 Å². The van der Waals surface area contributed by atoms with E-state index in [1.807, 2.05) is 0 Å². The Morgan fingerprint density at radius 1 is 1.59 bits per heavy atom. The van der Waals surface area contributed by atoms with E-state index in [1.54, 1.807) is 6.92 Å². The molecule has 1 rings (SSSR count). The van der Waals surface area contributed by atoms with E-state index in [9.17, 15) is 9.59 Å². The van der Waals surface area contributed by atoms with E-state index in [2.05, 4.69) is 25.3 Å². The van der Waals surface area contributed by atoms with E-state index in [0.29, 0.717) is 12.2 Å². The molecule has 0 aromatic carbocycles. The van der Waals surface area contributed by atoms with Crippen LogP contribution in [-0.4, -0.2) is 33.3 Å². The number of hydrogen-bond acceptors (Lipinski definition) is 5. The van der Waals surface area contributed by atoms with Gasteiger partial charge in [0.25, 0.3) is 0 Å². The summed E-state index contributed by atoms with van der Waals surface area (Å²) in [5.74, 6) is -0.596. The molecule has 2 amide bonds. The van der Waals surface area contributed by atoms with Gasteiger partial charge in [-0.2, -0.15) is 4.98 Å². The van der Waals surface area contributed by atoms with Crippen LogP contribution in [0.15, 0.2) is 10.9 Å². The Morgan fingerprint density at radius 3 is 2.88 bits per heavy atom. The highest BCUT2D eigenvalue weighted by Gasteiger charge is 2.13. The van der Waals surface area contributed by atoms with Gasteiger partial charge in [0.1, 0.15) is 0 Å². The summed E-state index contributed by atoms with van der Waals surface area (Å²) in [4.78, 5) is 25.6. The number of aliphatic carboxylic acids is 1. The van der Waals surface area contributed by atoms with Crippen molar-refractivity contribution in [1.29, 1.82) is 0 Å². The number of amides is 2. The SMILES string of the molecule is CCC(CC(=O)O)NC(=O)NCc1ncon1. The standard InChI is InChI=1S/C9H14N4O4/c1-2-6(3-8(14)15)12-9(16)10-4-7-11-5-17-13-7/h5-6H,2-4H2,1H3,(H,14,15)(H2,10,12,16). The predicted octanol–water partition coefficient (Wildman–Crippen LogP) is 0.122. The second-order valence-corrected chi connectivity index (χ2v) is 3.38. The Morgan fingerprint density at radius 2 is 2.35 bits per heavy atom. The molecule has 1 aromatic heterocycles. The molecule has 1 heterocycles. The molecule has 17 heavy (non-hydrogen) atoms. The molecule has 0 bridgehead atoms. The molecule has 0 saturated heterocycles. The first-order valence-corrected chi connectivity index (χ1v) is 5.13. The highest BCUT2D eigenvalue weighted by atomic mass is 16.5. The van der Waals surface area contributed by atoms with Gasteiger partial charge < -0.3 is 20.3 Å². The van der Waals surface area contributed by atoms with Crippen molar-refractivity contribution in [2.45, 2.75) is 32.4 Å². The van der Waals surface area contributed by atoms with E-state index in [1.165, 1.54) is 0 Å². The van der Waals surface area contributed by atoms with Gasteiger partial charge in [-0.05, 0) is 6.42 Å². The summed E-state index contributed by atoms with van der Waals surface area (Å²) in [6, 6.07) is -0.847. The topological polar surface area (TPSA) is 117 Å². The summed E-state index contributed by atoms with van der Waals surface area (Å²) < 4.78 is 4.49. The van der Waals surface area contributed by atoms with E-state index >= 15 is 0 Å². The number of carbonyl (C=O) groups excluding carboxylic acids is 1. The Labute approximate surface area is 97.4 Å². The van der Waals surface area contributed by atoms with Gasteiger partial charge in [0.15, 0.2) is 5.82 Å². The summed E-state index contributed by atoms with van der Waals surface area (Å²) in [6.07, 6.45) is 1.60. The smallest absolute Gasteiger partial charge is 0.315 e. The van der Waals surface area contributed by atoms with Gasteiger partial charge in [-0.15, -0.1) is 0 Å². The van der Waals surface area contributed by atoms with Crippen molar-refractivity contribution in [1.82, 2.24) is 20.8 Å². The average Bonchev–Trinajstić information content (AvgIpc) is 2.77. The maximum atomic E-state index is 11.4. The predicted molar refractivity (Wildman–Crippen MR) is 56.0 cm³/mol. The maximum Gasteiger partial charge on any atom is 0.315 e. The molecule has 1 unspecified atom stereocenters. The fraction of sp³-hybridized carbons (Fsp3) is 0.556. The molecule has 8 heteroatoms. The largest absolute Gasteiger partial charge is 0.481 e. The first-order chi connectivity index (χ1) is 8.11. The lowest BCUT2D eigenvalue weighted by Gasteiger charge is -2.14. The van der Waals surface area contributed by atoms with Crippen molar-refractivity contribution in [3.05, 3.63) is 12.2 Å². The van der Waals surface area contributed by atoms with Gasteiger partial charge in [-0.25, -0.2) is 4.79 Å². The first-order valence-electron chi connectivity index (χ1n) is 5.13. The maximum absolute atomic E-state index is 11.4. The number of carboxylic acid groups (broad SMARTS) is 1. The van der Waals surface area contributed by atoms with Gasteiger partial charge >= 0.3 is 12.0 Å². The quantitative estimate of drug-likeness (QED) is 0.652. The summed E-state index contributed by atoms with van der Waals surface area (Å²) >= 11 is 0. The zero-order valence-electron chi connectivity index (χ0n) is 9.34. The van der Waals surface area contributed by atoms with Gasteiger partial charge in [0.05, 0.1) is 13.0 Å². The Hall–Kier alpha value is -2.12. The zero-order valence-corrected chi connectivity index (χ0v) is 9.34. The van der Waals surface area contributed by atoms with Crippen LogP contribution in [0, 0.1) is 0 Å². The van der Waals surface area contributed by atoms with Gasteiger partial charge in [-0.3, -0.25) is 4.79 Å². The van der Waals surface area contributed by atoms with Crippen LogP contribution in [0.3, 0.4) is 0 Å². The van der Waals surface area contributed by atoms with Gasteiger partial charge in [0, 0.05) is 6.04 Å². The van der Waals surface area contributed by atoms with E-state index in [-0.39, 0.29) is 13.0 Å². The van der Waals surface area contributed by atoms with Crippen molar-refractivity contribution < 1.29 is 19.2 Å². The highest BCUT2D eigenvalue weighted by molar-refractivity contribution is 5.75. The second kappa shape index (κ2) is 6.46. The third kappa shape index (κ3) is 4.96. The minimum atomic E-state index is -0.949. The van der Waals surface area contributed by atoms with Crippen LogP contribution in [0.25, 0.3) is 0 Å². The normalized spacial score (nSPS) is 11.8.